The van der Waals surface area contributed by atoms with Gasteiger partial charge in [0.25, 0.3) is 0 Å². The summed E-state index contributed by atoms with van der Waals surface area (Å²) in [5.41, 5.74) is 7.53. The van der Waals surface area contributed by atoms with Gasteiger partial charge in [-0.05, 0) is 59.8 Å². The molecule has 3 nitrogen and oxygen atoms in total. The molecule has 0 bridgehead atoms. The Balaban J connectivity index is 2.02. The van der Waals surface area contributed by atoms with Crippen molar-refractivity contribution >= 4 is 38.8 Å². The molecule has 0 saturated heterocycles. The number of hydrogen-bond donors (Lipinski definition) is 3. The molecular weight excluding hydrogens is 312 g/mol. The molecule has 98 valence electrons. The average Bonchev–Trinajstić information content (AvgIpc) is 2.32. The number of nitrogens with one attached hydrogen (secondary N) is 1. The van der Waals surface area contributed by atoms with Crippen LogP contribution in [0.15, 0.2) is 22.7 Å². The van der Waals surface area contributed by atoms with Crippen LogP contribution in [0.4, 0.5) is 5.69 Å². The van der Waals surface area contributed by atoms with E-state index in [9.17, 15) is 5.11 Å². The van der Waals surface area contributed by atoms with Crippen molar-refractivity contribution in [3.8, 4) is 0 Å². The second kappa shape index (κ2) is 5.99. The molecule has 0 unspecified atom stereocenters. The van der Waals surface area contributed by atoms with Gasteiger partial charge in [0.1, 0.15) is 4.99 Å². The average molecular weight is 329 g/mol. The molecule has 5 heteroatoms. The lowest BCUT2D eigenvalue weighted by Crippen LogP contribution is -2.28. The van der Waals surface area contributed by atoms with Gasteiger partial charge in [-0.1, -0.05) is 12.2 Å². The summed E-state index contributed by atoms with van der Waals surface area (Å²) in [6, 6.07) is 6.35. The van der Waals surface area contributed by atoms with Crippen LogP contribution in [-0.2, 0) is 0 Å². The number of nitrogens with two attached hydrogens (primary N) is 1. The minimum Gasteiger partial charge on any atom is -0.393 e. The predicted molar refractivity (Wildman–Crippen MR) is 81.9 cm³/mol. The zero-order valence-corrected chi connectivity index (χ0v) is 12.4. The number of anilines is 1. The quantitative estimate of drug-likeness (QED) is 0.747. The minimum absolute atomic E-state index is 0.119. The lowest BCUT2D eigenvalue weighted by atomic mass is 9.93. The van der Waals surface area contributed by atoms with Gasteiger partial charge >= 0.3 is 0 Å². The molecule has 4 N–H and O–H groups in total. The second-order valence-corrected chi connectivity index (χ2v) is 6.00. The number of aliphatic hydroxyl groups is 1. The Morgan fingerprint density at radius 2 is 2.00 bits per heavy atom. The maximum Gasteiger partial charge on any atom is 0.105 e. The number of halogens is 1. The molecule has 1 fully saturated rings. The third-order valence-electron chi connectivity index (χ3n) is 3.30. The number of aliphatic hydroxyl groups excluding tert-OH is 1. The van der Waals surface area contributed by atoms with Crippen molar-refractivity contribution in [2.45, 2.75) is 37.8 Å². The number of benzene rings is 1. The molecule has 0 atom stereocenters. The molecule has 1 aromatic rings. The number of rotatable bonds is 3. The van der Waals surface area contributed by atoms with Gasteiger partial charge < -0.3 is 16.2 Å². The summed E-state index contributed by atoms with van der Waals surface area (Å²) in [7, 11) is 0. The summed E-state index contributed by atoms with van der Waals surface area (Å²) in [6.07, 6.45) is 3.66. The van der Waals surface area contributed by atoms with Crippen molar-refractivity contribution in [2.24, 2.45) is 5.73 Å². The van der Waals surface area contributed by atoms with E-state index in [-0.39, 0.29) is 6.10 Å². The van der Waals surface area contributed by atoms with Gasteiger partial charge in [0.2, 0.25) is 0 Å². The Kier molecular flexibility index (Phi) is 4.59. The monoisotopic (exact) mass is 328 g/mol. The van der Waals surface area contributed by atoms with Crippen LogP contribution in [-0.4, -0.2) is 22.2 Å². The smallest absolute Gasteiger partial charge is 0.105 e. The highest BCUT2D eigenvalue weighted by Gasteiger charge is 2.19. The van der Waals surface area contributed by atoms with Gasteiger partial charge in [-0.15, -0.1) is 0 Å². The highest BCUT2D eigenvalue weighted by atomic mass is 79.9. The molecule has 1 aliphatic rings. The SMILES string of the molecule is NC(=S)c1ccc(NC2CCC(O)CC2)cc1Br. The Morgan fingerprint density at radius 3 is 2.56 bits per heavy atom. The first-order valence-corrected chi connectivity index (χ1v) is 7.30. The molecule has 0 amide bonds. The van der Waals surface area contributed by atoms with Gasteiger partial charge in [0.05, 0.1) is 6.10 Å². The zero-order valence-electron chi connectivity index (χ0n) is 10.0. The van der Waals surface area contributed by atoms with E-state index in [0.717, 1.165) is 41.4 Å². The van der Waals surface area contributed by atoms with E-state index in [1.54, 1.807) is 0 Å². The fraction of sp³-hybridized carbons (Fsp3) is 0.462. The van der Waals surface area contributed by atoms with E-state index in [1.165, 1.54) is 0 Å². The maximum atomic E-state index is 9.47. The summed E-state index contributed by atoms with van der Waals surface area (Å²) >= 11 is 8.44. The Bertz CT molecular complexity index is 445. The summed E-state index contributed by atoms with van der Waals surface area (Å²) in [6.45, 7) is 0. The topological polar surface area (TPSA) is 58.3 Å². The van der Waals surface area contributed by atoms with Crippen LogP contribution in [0.1, 0.15) is 31.2 Å². The van der Waals surface area contributed by atoms with E-state index < -0.39 is 0 Å². The third-order valence-corrected chi connectivity index (χ3v) is 4.18. The molecule has 1 aromatic carbocycles. The summed E-state index contributed by atoms with van der Waals surface area (Å²) < 4.78 is 0.913. The predicted octanol–water partition coefficient (Wildman–Crippen LogP) is 2.80. The fourth-order valence-corrected chi connectivity index (χ4v) is 3.16. The first-order chi connectivity index (χ1) is 8.56. The van der Waals surface area contributed by atoms with E-state index in [1.807, 2.05) is 18.2 Å². The highest BCUT2D eigenvalue weighted by Crippen LogP contribution is 2.25. The maximum absolute atomic E-state index is 9.47. The molecule has 2 rings (SSSR count). The van der Waals surface area contributed by atoms with Crippen LogP contribution in [0.2, 0.25) is 0 Å². The van der Waals surface area contributed by atoms with Crippen LogP contribution in [0.5, 0.6) is 0 Å². The van der Waals surface area contributed by atoms with Crippen LogP contribution in [0, 0.1) is 0 Å². The molecule has 1 saturated carbocycles. The molecule has 0 aromatic heterocycles. The molecule has 0 radical (unpaired) electrons. The third kappa shape index (κ3) is 3.43. The number of hydrogen-bond acceptors (Lipinski definition) is 3. The van der Waals surface area contributed by atoms with Crippen molar-refractivity contribution in [1.82, 2.24) is 0 Å². The van der Waals surface area contributed by atoms with Gasteiger partial charge in [-0.3, -0.25) is 0 Å². The first kappa shape index (κ1) is 13.8. The molecule has 0 heterocycles. The van der Waals surface area contributed by atoms with Gasteiger partial charge in [-0.25, -0.2) is 0 Å². The minimum atomic E-state index is -0.119. The highest BCUT2D eigenvalue weighted by molar-refractivity contribution is 9.10. The molecule has 1 aliphatic carbocycles. The van der Waals surface area contributed by atoms with Crippen molar-refractivity contribution in [3.63, 3.8) is 0 Å². The molecule has 0 aliphatic heterocycles. The van der Waals surface area contributed by atoms with E-state index >= 15 is 0 Å². The first-order valence-electron chi connectivity index (χ1n) is 6.10. The second-order valence-electron chi connectivity index (χ2n) is 4.71. The largest absolute Gasteiger partial charge is 0.393 e. The molecule has 18 heavy (non-hydrogen) atoms. The van der Waals surface area contributed by atoms with Crippen LogP contribution in [0.3, 0.4) is 0 Å². The Labute approximate surface area is 121 Å². The summed E-state index contributed by atoms with van der Waals surface area (Å²) in [5, 5.41) is 13.0. The Hall–Kier alpha value is -0.650. The lowest BCUT2D eigenvalue weighted by Gasteiger charge is -2.27. The van der Waals surface area contributed by atoms with Crippen molar-refractivity contribution in [2.75, 3.05) is 5.32 Å². The van der Waals surface area contributed by atoms with E-state index in [4.69, 9.17) is 18.0 Å². The summed E-state index contributed by atoms with van der Waals surface area (Å²) in [4.78, 5) is 0.397. The standard InChI is InChI=1S/C13H17BrN2OS/c14-12-7-9(3-6-11(12)13(15)18)16-8-1-4-10(17)5-2-8/h3,6-8,10,16-17H,1-2,4-5H2,(H2,15,18). The van der Waals surface area contributed by atoms with E-state index in [2.05, 4.69) is 21.2 Å². The molecule has 0 spiro atoms. The van der Waals surface area contributed by atoms with Gasteiger partial charge in [0, 0.05) is 21.8 Å². The Morgan fingerprint density at radius 1 is 1.33 bits per heavy atom. The number of thiocarbonyl (C=S) groups is 1. The van der Waals surface area contributed by atoms with Crippen LogP contribution >= 0.6 is 28.1 Å². The van der Waals surface area contributed by atoms with Crippen molar-refractivity contribution in [3.05, 3.63) is 28.2 Å². The lowest BCUT2D eigenvalue weighted by molar-refractivity contribution is 0.126. The fourth-order valence-electron chi connectivity index (χ4n) is 2.26. The van der Waals surface area contributed by atoms with Gasteiger partial charge in [0.15, 0.2) is 0 Å². The van der Waals surface area contributed by atoms with Crippen molar-refractivity contribution < 1.29 is 5.11 Å². The zero-order chi connectivity index (χ0) is 13.1. The van der Waals surface area contributed by atoms with Crippen LogP contribution < -0.4 is 11.1 Å². The van der Waals surface area contributed by atoms with E-state index in [0.29, 0.717) is 11.0 Å². The summed E-state index contributed by atoms with van der Waals surface area (Å²) in [5.74, 6) is 0. The molecular formula is C13H17BrN2OS. The van der Waals surface area contributed by atoms with Crippen molar-refractivity contribution in [1.29, 1.82) is 0 Å². The van der Waals surface area contributed by atoms with Crippen LogP contribution in [0.25, 0.3) is 0 Å². The normalized spacial score (nSPS) is 23.7. The van der Waals surface area contributed by atoms with Gasteiger partial charge in [-0.2, -0.15) is 0 Å².